The number of rotatable bonds is 2. The highest BCUT2D eigenvalue weighted by Gasteiger charge is 2.51. The minimum absolute atomic E-state index is 0.328. The molecule has 0 aromatic carbocycles. The fourth-order valence-electron chi connectivity index (χ4n) is 2.74. The van der Waals surface area contributed by atoms with Crippen LogP contribution in [-0.4, -0.2) is 41.4 Å². The smallest absolute Gasteiger partial charge is 0.399 e. The van der Waals surface area contributed by atoms with Gasteiger partial charge < -0.3 is 14.6 Å². The van der Waals surface area contributed by atoms with Crippen LogP contribution in [-0.2, 0) is 9.31 Å². The quantitative estimate of drug-likeness (QED) is 0.830. The third-order valence-corrected chi connectivity index (χ3v) is 4.92. The molecule has 2 saturated heterocycles. The third-order valence-electron chi connectivity index (χ3n) is 4.92. The normalized spacial score (nSPS) is 25.2. The van der Waals surface area contributed by atoms with Gasteiger partial charge in [-0.15, -0.1) is 0 Å². The topological polar surface area (TPSA) is 56.3 Å². The van der Waals surface area contributed by atoms with E-state index in [1.807, 2.05) is 12.4 Å². The summed E-state index contributed by atoms with van der Waals surface area (Å²) in [6.45, 7) is 10.3. The number of nitrogens with one attached hydrogen (secondary N) is 1. The maximum Gasteiger partial charge on any atom is 0.498 e. The lowest BCUT2D eigenvalue weighted by molar-refractivity contribution is 0.00578. The summed E-state index contributed by atoms with van der Waals surface area (Å²) in [5.74, 6) is 1.41. The summed E-state index contributed by atoms with van der Waals surface area (Å²) in [7, 11) is -0.378. The van der Waals surface area contributed by atoms with Crippen molar-refractivity contribution in [3.63, 3.8) is 0 Å². The molecule has 0 unspecified atom stereocenters. The molecular formula is C15H24BN3O2. The van der Waals surface area contributed by atoms with Crippen LogP contribution in [0, 0.1) is 0 Å². The van der Waals surface area contributed by atoms with Crippen LogP contribution in [0.25, 0.3) is 0 Å². The largest absolute Gasteiger partial charge is 0.498 e. The highest BCUT2D eigenvalue weighted by atomic mass is 16.7. The summed E-state index contributed by atoms with van der Waals surface area (Å²) in [6, 6.07) is 0. The third kappa shape index (κ3) is 2.85. The van der Waals surface area contributed by atoms with Gasteiger partial charge in [-0.2, -0.15) is 0 Å². The molecule has 114 valence electrons. The first-order valence-electron chi connectivity index (χ1n) is 7.77. The van der Waals surface area contributed by atoms with Gasteiger partial charge in [0.1, 0.15) is 5.82 Å². The lowest BCUT2D eigenvalue weighted by atomic mass is 9.81. The van der Waals surface area contributed by atoms with Crippen LogP contribution in [0.15, 0.2) is 12.4 Å². The van der Waals surface area contributed by atoms with Gasteiger partial charge in [0, 0.05) is 23.8 Å². The molecule has 0 amide bonds. The first-order valence-corrected chi connectivity index (χ1v) is 7.77. The first-order chi connectivity index (χ1) is 9.89. The minimum Gasteiger partial charge on any atom is -0.399 e. The number of piperidine rings is 1. The van der Waals surface area contributed by atoms with Gasteiger partial charge in [-0.1, -0.05) is 0 Å². The molecule has 0 radical (unpaired) electrons. The minimum atomic E-state index is -0.378. The van der Waals surface area contributed by atoms with E-state index in [9.17, 15) is 0 Å². The maximum atomic E-state index is 6.02. The molecule has 2 fully saturated rings. The van der Waals surface area contributed by atoms with E-state index in [2.05, 4.69) is 43.0 Å². The van der Waals surface area contributed by atoms with Gasteiger partial charge in [-0.05, 0) is 53.6 Å². The Labute approximate surface area is 127 Å². The standard InChI is InChI=1S/C15H24BN3O2/c1-14(2)15(3,4)21-16(20-14)12-9-18-13(19-10-12)11-5-7-17-8-6-11/h9-11,17H,5-8H2,1-4H3. The molecule has 1 N–H and O–H groups in total. The van der Waals surface area contributed by atoms with Crippen molar-refractivity contribution < 1.29 is 9.31 Å². The Morgan fingerprint density at radius 3 is 2.10 bits per heavy atom. The Bertz CT molecular complexity index is 482. The van der Waals surface area contributed by atoms with E-state index in [1.165, 1.54) is 0 Å². The Kier molecular flexibility index (Phi) is 3.80. The lowest BCUT2D eigenvalue weighted by Crippen LogP contribution is -2.41. The van der Waals surface area contributed by atoms with Crippen molar-refractivity contribution in [1.82, 2.24) is 15.3 Å². The van der Waals surface area contributed by atoms with Crippen molar-refractivity contribution in [3.8, 4) is 0 Å². The number of aromatic nitrogens is 2. The molecule has 3 rings (SSSR count). The SMILES string of the molecule is CC1(C)OB(c2cnc(C3CCNCC3)nc2)OC1(C)C. The van der Waals surface area contributed by atoms with Gasteiger partial charge in [0.25, 0.3) is 0 Å². The molecule has 0 saturated carbocycles. The van der Waals surface area contributed by atoms with Gasteiger partial charge in [-0.3, -0.25) is 0 Å². The van der Waals surface area contributed by atoms with Gasteiger partial charge in [0.2, 0.25) is 0 Å². The van der Waals surface area contributed by atoms with Crippen LogP contribution in [0.2, 0.25) is 0 Å². The van der Waals surface area contributed by atoms with Crippen LogP contribution in [0.5, 0.6) is 0 Å². The van der Waals surface area contributed by atoms with E-state index >= 15 is 0 Å². The highest BCUT2D eigenvalue weighted by molar-refractivity contribution is 6.61. The zero-order valence-corrected chi connectivity index (χ0v) is 13.3. The predicted molar refractivity (Wildman–Crippen MR) is 82.6 cm³/mol. The summed E-state index contributed by atoms with van der Waals surface area (Å²) in [5, 5.41) is 3.36. The van der Waals surface area contributed by atoms with Gasteiger partial charge in [0.05, 0.1) is 11.2 Å². The average Bonchev–Trinajstić information content (AvgIpc) is 2.69. The summed E-state index contributed by atoms with van der Waals surface area (Å²) in [5.41, 5.74) is 0.239. The number of hydrogen-bond donors (Lipinski definition) is 1. The molecular weight excluding hydrogens is 265 g/mol. The van der Waals surface area contributed by atoms with Gasteiger partial charge in [0.15, 0.2) is 0 Å². The molecule has 6 heteroatoms. The number of nitrogens with zero attached hydrogens (tertiary/aromatic N) is 2. The van der Waals surface area contributed by atoms with Crippen molar-refractivity contribution in [1.29, 1.82) is 0 Å². The summed E-state index contributed by atoms with van der Waals surface area (Å²) < 4.78 is 12.0. The molecule has 2 aliphatic heterocycles. The van der Waals surface area contributed by atoms with E-state index in [0.29, 0.717) is 5.92 Å². The molecule has 1 aromatic rings. The molecule has 0 bridgehead atoms. The van der Waals surface area contributed by atoms with Gasteiger partial charge in [-0.25, -0.2) is 9.97 Å². The Morgan fingerprint density at radius 2 is 1.57 bits per heavy atom. The summed E-state index contributed by atoms with van der Waals surface area (Å²) >= 11 is 0. The summed E-state index contributed by atoms with van der Waals surface area (Å²) in [4.78, 5) is 9.09. The second-order valence-electron chi connectivity index (χ2n) is 6.99. The zero-order chi connectivity index (χ0) is 15.1. The highest BCUT2D eigenvalue weighted by Crippen LogP contribution is 2.36. The van der Waals surface area contributed by atoms with Crippen molar-refractivity contribution in [2.45, 2.75) is 57.7 Å². The van der Waals surface area contributed by atoms with Gasteiger partial charge >= 0.3 is 7.12 Å². The summed E-state index contributed by atoms with van der Waals surface area (Å²) in [6.07, 6.45) is 5.92. The molecule has 5 nitrogen and oxygen atoms in total. The monoisotopic (exact) mass is 289 g/mol. The first kappa shape index (κ1) is 14.9. The van der Waals surface area contributed by atoms with Crippen LogP contribution >= 0.6 is 0 Å². The molecule has 0 aliphatic carbocycles. The van der Waals surface area contributed by atoms with E-state index in [0.717, 1.165) is 37.2 Å². The van der Waals surface area contributed by atoms with E-state index < -0.39 is 0 Å². The van der Waals surface area contributed by atoms with Crippen LogP contribution < -0.4 is 10.8 Å². The lowest BCUT2D eigenvalue weighted by Gasteiger charge is -2.32. The van der Waals surface area contributed by atoms with Crippen LogP contribution in [0.1, 0.15) is 52.3 Å². The molecule has 0 spiro atoms. The predicted octanol–water partition coefficient (Wildman–Crippen LogP) is 1.24. The fraction of sp³-hybridized carbons (Fsp3) is 0.733. The molecule has 2 aliphatic rings. The maximum absolute atomic E-state index is 6.02. The average molecular weight is 289 g/mol. The van der Waals surface area contributed by atoms with Crippen LogP contribution in [0.4, 0.5) is 0 Å². The van der Waals surface area contributed by atoms with E-state index in [-0.39, 0.29) is 18.3 Å². The zero-order valence-electron chi connectivity index (χ0n) is 13.3. The van der Waals surface area contributed by atoms with E-state index in [4.69, 9.17) is 9.31 Å². The van der Waals surface area contributed by atoms with Crippen molar-refractivity contribution in [2.24, 2.45) is 0 Å². The fourth-order valence-corrected chi connectivity index (χ4v) is 2.74. The number of hydrogen-bond acceptors (Lipinski definition) is 5. The molecule has 21 heavy (non-hydrogen) atoms. The molecule has 3 heterocycles. The van der Waals surface area contributed by atoms with E-state index in [1.54, 1.807) is 0 Å². The Morgan fingerprint density at radius 1 is 1.05 bits per heavy atom. The molecule has 0 atom stereocenters. The van der Waals surface area contributed by atoms with Crippen molar-refractivity contribution in [2.75, 3.05) is 13.1 Å². The van der Waals surface area contributed by atoms with Crippen LogP contribution in [0.3, 0.4) is 0 Å². The van der Waals surface area contributed by atoms with Crippen molar-refractivity contribution in [3.05, 3.63) is 18.2 Å². The van der Waals surface area contributed by atoms with Crippen molar-refractivity contribution >= 4 is 12.6 Å². The second kappa shape index (κ2) is 5.34. The second-order valence-corrected chi connectivity index (χ2v) is 6.99. The Balaban J connectivity index is 1.73. The Hall–Kier alpha value is -0.975. The molecule has 1 aromatic heterocycles.